The molecule has 0 atom stereocenters. The first-order chi connectivity index (χ1) is 14.3. The van der Waals surface area contributed by atoms with Crippen LogP contribution < -0.4 is 9.80 Å². The number of nitrogens with zero attached hydrogens (tertiary/aromatic N) is 5. The molecule has 29 heavy (non-hydrogen) atoms. The molecule has 1 amide bonds. The molecule has 0 aliphatic carbocycles. The molecule has 2 aromatic carbocycles. The molecule has 1 aliphatic heterocycles. The van der Waals surface area contributed by atoms with Crippen molar-refractivity contribution in [1.82, 2.24) is 14.9 Å². The number of piperazine rings is 1. The summed E-state index contributed by atoms with van der Waals surface area (Å²) in [6.07, 6.45) is 0.923. The zero-order valence-electron chi connectivity index (χ0n) is 16.6. The Morgan fingerprint density at radius 1 is 0.931 bits per heavy atom. The summed E-state index contributed by atoms with van der Waals surface area (Å²) in [4.78, 5) is 27.1. The highest BCUT2D eigenvalue weighted by atomic mass is 16.1. The number of hydrogen-bond donors (Lipinski definition) is 0. The van der Waals surface area contributed by atoms with Gasteiger partial charge in [0.15, 0.2) is 5.82 Å². The Bertz CT molecular complexity index is 940. The van der Waals surface area contributed by atoms with Crippen LogP contribution in [-0.2, 0) is 4.79 Å². The lowest BCUT2D eigenvalue weighted by Gasteiger charge is -2.34. The van der Waals surface area contributed by atoms with Crippen LogP contribution in [0.25, 0.3) is 11.4 Å². The van der Waals surface area contributed by atoms with Crippen molar-refractivity contribution in [1.29, 1.82) is 0 Å². The number of rotatable bonds is 6. The largest absolute Gasteiger partial charge is 0.353 e. The minimum Gasteiger partial charge on any atom is -0.353 e. The van der Waals surface area contributed by atoms with Crippen molar-refractivity contribution < 1.29 is 4.79 Å². The van der Waals surface area contributed by atoms with Crippen LogP contribution >= 0.6 is 0 Å². The minimum absolute atomic E-state index is 0.708. The van der Waals surface area contributed by atoms with Gasteiger partial charge in [-0.05, 0) is 19.1 Å². The lowest BCUT2D eigenvalue weighted by molar-refractivity contribution is -0.118. The van der Waals surface area contributed by atoms with E-state index in [0.29, 0.717) is 18.9 Å². The standard InChI is InChI=1S/C23H25N5O/c1-2-28(20-11-7-4-8-12-20)22-17-21(27-15-13-26(18-29)14-16-27)24-23(25-22)19-9-5-3-6-10-19/h3-12,17-18H,2,13-16H2,1H3. The Morgan fingerprint density at radius 3 is 2.21 bits per heavy atom. The van der Waals surface area contributed by atoms with Gasteiger partial charge in [-0.3, -0.25) is 4.79 Å². The topological polar surface area (TPSA) is 52.6 Å². The third kappa shape index (κ3) is 4.21. The third-order valence-corrected chi connectivity index (χ3v) is 5.18. The van der Waals surface area contributed by atoms with Crippen LogP contribution in [0.4, 0.5) is 17.3 Å². The Kier molecular flexibility index (Phi) is 5.70. The van der Waals surface area contributed by atoms with Gasteiger partial charge in [0.2, 0.25) is 6.41 Å². The van der Waals surface area contributed by atoms with E-state index in [-0.39, 0.29) is 0 Å². The van der Waals surface area contributed by atoms with Crippen LogP contribution in [0.15, 0.2) is 66.7 Å². The molecule has 6 nitrogen and oxygen atoms in total. The summed E-state index contributed by atoms with van der Waals surface area (Å²) in [6.45, 7) is 5.87. The Balaban J connectivity index is 1.75. The summed E-state index contributed by atoms with van der Waals surface area (Å²) < 4.78 is 0. The third-order valence-electron chi connectivity index (χ3n) is 5.18. The highest BCUT2D eigenvalue weighted by molar-refractivity contribution is 5.67. The van der Waals surface area contributed by atoms with E-state index in [1.807, 2.05) is 48.5 Å². The van der Waals surface area contributed by atoms with E-state index in [1.165, 1.54) is 0 Å². The van der Waals surface area contributed by atoms with E-state index >= 15 is 0 Å². The van der Waals surface area contributed by atoms with Crippen LogP contribution in [0.1, 0.15) is 6.92 Å². The molecule has 0 bridgehead atoms. The number of carbonyl (C=O) groups excluding carboxylic acids is 1. The molecule has 2 heterocycles. The normalized spacial score (nSPS) is 14.0. The molecule has 1 aliphatic rings. The van der Waals surface area contributed by atoms with Gasteiger partial charge in [0, 0.05) is 50.0 Å². The number of benzene rings is 2. The van der Waals surface area contributed by atoms with Gasteiger partial charge in [-0.25, -0.2) is 9.97 Å². The van der Waals surface area contributed by atoms with Crippen molar-refractivity contribution in [2.75, 3.05) is 42.5 Å². The SMILES string of the molecule is CCN(c1ccccc1)c1cc(N2CCN(C=O)CC2)nc(-c2ccccc2)n1. The van der Waals surface area contributed by atoms with Crippen LogP contribution in [0.2, 0.25) is 0 Å². The maximum atomic E-state index is 11.1. The van der Waals surface area contributed by atoms with E-state index in [4.69, 9.17) is 9.97 Å². The lowest BCUT2D eigenvalue weighted by Crippen LogP contribution is -2.46. The van der Waals surface area contributed by atoms with Crippen LogP contribution in [0.3, 0.4) is 0 Å². The predicted molar refractivity (Wildman–Crippen MR) is 116 cm³/mol. The molecule has 1 fully saturated rings. The maximum absolute atomic E-state index is 11.1. The number of amides is 1. The van der Waals surface area contributed by atoms with Gasteiger partial charge in [0.25, 0.3) is 0 Å². The molecular weight excluding hydrogens is 362 g/mol. The van der Waals surface area contributed by atoms with E-state index < -0.39 is 0 Å². The second kappa shape index (κ2) is 8.73. The van der Waals surface area contributed by atoms with Gasteiger partial charge >= 0.3 is 0 Å². The van der Waals surface area contributed by atoms with E-state index in [1.54, 1.807) is 4.90 Å². The average Bonchev–Trinajstić information content (AvgIpc) is 2.81. The zero-order valence-corrected chi connectivity index (χ0v) is 16.6. The van der Waals surface area contributed by atoms with E-state index in [9.17, 15) is 4.79 Å². The predicted octanol–water partition coefficient (Wildman–Crippen LogP) is 3.58. The molecule has 1 saturated heterocycles. The highest BCUT2D eigenvalue weighted by Crippen LogP contribution is 2.29. The quantitative estimate of drug-likeness (QED) is 0.605. The molecular formula is C23H25N5O. The molecule has 4 rings (SSSR count). The number of para-hydroxylation sites is 1. The van der Waals surface area contributed by atoms with Crippen LogP contribution in [-0.4, -0.2) is 54.0 Å². The summed E-state index contributed by atoms with van der Waals surface area (Å²) >= 11 is 0. The molecule has 0 N–H and O–H groups in total. The average molecular weight is 387 g/mol. The van der Waals surface area contributed by atoms with E-state index in [2.05, 4.69) is 34.9 Å². The fourth-order valence-electron chi connectivity index (χ4n) is 3.58. The summed E-state index contributed by atoms with van der Waals surface area (Å²) in [6, 6.07) is 22.4. The van der Waals surface area contributed by atoms with Crippen molar-refractivity contribution in [2.24, 2.45) is 0 Å². The van der Waals surface area contributed by atoms with Gasteiger partial charge in [-0.15, -0.1) is 0 Å². The summed E-state index contributed by atoms with van der Waals surface area (Å²) in [5, 5.41) is 0. The van der Waals surface area contributed by atoms with Gasteiger partial charge < -0.3 is 14.7 Å². The lowest BCUT2D eigenvalue weighted by atomic mass is 10.2. The summed E-state index contributed by atoms with van der Waals surface area (Å²) in [7, 11) is 0. The molecule has 6 heteroatoms. The first kappa shape index (κ1) is 18.9. The van der Waals surface area contributed by atoms with E-state index in [0.717, 1.165) is 48.9 Å². The Morgan fingerprint density at radius 2 is 1.59 bits per heavy atom. The number of carbonyl (C=O) groups is 1. The number of aromatic nitrogens is 2. The smallest absolute Gasteiger partial charge is 0.209 e. The minimum atomic E-state index is 0.708. The molecule has 0 radical (unpaired) electrons. The van der Waals surface area contributed by atoms with Crippen LogP contribution in [0.5, 0.6) is 0 Å². The monoisotopic (exact) mass is 387 g/mol. The fraction of sp³-hybridized carbons (Fsp3) is 0.261. The van der Waals surface area contributed by atoms with Crippen molar-refractivity contribution in [2.45, 2.75) is 6.92 Å². The fourth-order valence-corrected chi connectivity index (χ4v) is 3.58. The van der Waals surface area contributed by atoms with Gasteiger partial charge in [-0.1, -0.05) is 48.5 Å². The van der Waals surface area contributed by atoms with Crippen molar-refractivity contribution in [3.63, 3.8) is 0 Å². The van der Waals surface area contributed by atoms with Crippen molar-refractivity contribution >= 4 is 23.7 Å². The maximum Gasteiger partial charge on any atom is 0.209 e. The van der Waals surface area contributed by atoms with Crippen molar-refractivity contribution in [3.05, 3.63) is 66.7 Å². The molecule has 1 aromatic heterocycles. The number of hydrogen-bond acceptors (Lipinski definition) is 5. The van der Waals surface area contributed by atoms with Gasteiger partial charge in [0.1, 0.15) is 11.6 Å². The van der Waals surface area contributed by atoms with Crippen molar-refractivity contribution in [3.8, 4) is 11.4 Å². The van der Waals surface area contributed by atoms with Gasteiger partial charge in [-0.2, -0.15) is 0 Å². The molecule has 148 valence electrons. The second-order valence-electron chi connectivity index (χ2n) is 6.98. The summed E-state index contributed by atoms with van der Waals surface area (Å²) in [5.41, 5.74) is 2.09. The summed E-state index contributed by atoms with van der Waals surface area (Å²) in [5.74, 6) is 2.49. The molecule has 0 saturated carbocycles. The van der Waals surface area contributed by atoms with Crippen LogP contribution in [0, 0.1) is 0 Å². The number of anilines is 3. The Labute approximate surface area is 171 Å². The first-order valence-corrected chi connectivity index (χ1v) is 10.00. The zero-order chi connectivity index (χ0) is 20.1. The molecule has 0 unspecified atom stereocenters. The Hall–Kier alpha value is -3.41. The highest BCUT2D eigenvalue weighted by Gasteiger charge is 2.20. The molecule has 0 spiro atoms. The first-order valence-electron chi connectivity index (χ1n) is 10.00. The molecule has 3 aromatic rings. The second-order valence-corrected chi connectivity index (χ2v) is 6.98. The van der Waals surface area contributed by atoms with Gasteiger partial charge in [0.05, 0.1) is 0 Å².